The summed E-state index contributed by atoms with van der Waals surface area (Å²) in [6.07, 6.45) is 6.67. The third-order valence-electron chi connectivity index (χ3n) is 6.07. The number of anilines is 2. The van der Waals surface area contributed by atoms with Gasteiger partial charge in [-0.05, 0) is 72.9 Å². The number of methoxy groups -OCH3 is 1. The van der Waals surface area contributed by atoms with Gasteiger partial charge in [-0.3, -0.25) is 20.1 Å². The zero-order valence-corrected chi connectivity index (χ0v) is 20.0. The number of carbonyl (C=O) groups is 2. The summed E-state index contributed by atoms with van der Waals surface area (Å²) in [5.41, 5.74) is 6.71. The molecule has 0 saturated heterocycles. The van der Waals surface area contributed by atoms with E-state index in [1.54, 1.807) is 30.7 Å². The van der Waals surface area contributed by atoms with Gasteiger partial charge in [-0.15, -0.1) is 0 Å². The highest BCUT2D eigenvalue weighted by atomic mass is 16.5. The topological polar surface area (TPSA) is 106 Å². The van der Waals surface area contributed by atoms with Crippen LogP contribution in [0.25, 0.3) is 22.3 Å². The first-order valence-electron chi connectivity index (χ1n) is 11.7. The molecule has 0 bridgehead atoms. The van der Waals surface area contributed by atoms with Crippen molar-refractivity contribution in [1.82, 2.24) is 15.0 Å². The van der Waals surface area contributed by atoms with Gasteiger partial charge in [0.05, 0.1) is 19.0 Å². The second-order valence-corrected chi connectivity index (χ2v) is 8.68. The van der Waals surface area contributed by atoms with Crippen LogP contribution >= 0.6 is 0 Å². The Morgan fingerprint density at radius 2 is 1.67 bits per heavy atom. The average Bonchev–Trinajstić information content (AvgIpc) is 3.76. The second kappa shape index (κ2) is 9.95. The molecule has 8 heteroatoms. The third-order valence-corrected chi connectivity index (χ3v) is 6.07. The number of nitrogens with one attached hydrogen (secondary N) is 2. The fourth-order valence-electron chi connectivity index (χ4n) is 3.99. The molecule has 1 saturated carbocycles. The van der Waals surface area contributed by atoms with Crippen LogP contribution in [-0.2, 0) is 4.74 Å². The Morgan fingerprint density at radius 1 is 0.889 bits per heavy atom. The van der Waals surface area contributed by atoms with Gasteiger partial charge in [-0.1, -0.05) is 18.2 Å². The maximum atomic E-state index is 12.9. The molecular weight excluding hydrogens is 454 g/mol. The zero-order chi connectivity index (χ0) is 25.1. The Balaban J connectivity index is 1.39. The Labute approximate surface area is 208 Å². The first-order valence-corrected chi connectivity index (χ1v) is 11.7. The minimum Gasteiger partial charge on any atom is -0.453 e. The molecule has 180 valence electrons. The van der Waals surface area contributed by atoms with Crippen molar-refractivity contribution < 1.29 is 14.3 Å². The van der Waals surface area contributed by atoms with Crippen molar-refractivity contribution in [3.63, 3.8) is 0 Å². The lowest BCUT2D eigenvalue weighted by atomic mass is 9.98. The van der Waals surface area contributed by atoms with Crippen LogP contribution in [0.5, 0.6) is 0 Å². The number of aryl methyl sites for hydroxylation is 1. The van der Waals surface area contributed by atoms with Gasteiger partial charge >= 0.3 is 6.09 Å². The summed E-state index contributed by atoms with van der Waals surface area (Å²) in [6.45, 7) is 1.93. The second-order valence-electron chi connectivity index (χ2n) is 8.68. The number of amides is 2. The maximum Gasteiger partial charge on any atom is 0.412 e. The van der Waals surface area contributed by atoms with Crippen molar-refractivity contribution in [3.05, 3.63) is 90.1 Å². The Morgan fingerprint density at radius 3 is 2.47 bits per heavy atom. The molecule has 1 aliphatic rings. The van der Waals surface area contributed by atoms with Crippen LogP contribution in [0.3, 0.4) is 0 Å². The number of hydrogen-bond acceptors (Lipinski definition) is 6. The van der Waals surface area contributed by atoms with Gasteiger partial charge in [0, 0.05) is 40.8 Å². The summed E-state index contributed by atoms with van der Waals surface area (Å²) < 4.78 is 4.65. The van der Waals surface area contributed by atoms with Crippen LogP contribution in [0.15, 0.2) is 73.2 Å². The highest BCUT2D eigenvalue weighted by Crippen LogP contribution is 2.39. The highest BCUT2D eigenvalue weighted by Gasteiger charge is 2.25. The fraction of sp³-hybridized carbons (Fsp3) is 0.179. The molecule has 0 aliphatic heterocycles. The average molecular weight is 480 g/mol. The van der Waals surface area contributed by atoms with Crippen molar-refractivity contribution in [1.29, 1.82) is 0 Å². The van der Waals surface area contributed by atoms with Crippen LogP contribution in [0, 0.1) is 6.92 Å². The highest BCUT2D eigenvalue weighted by molar-refractivity contribution is 6.04. The van der Waals surface area contributed by atoms with Gasteiger partial charge < -0.3 is 10.1 Å². The predicted molar refractivity (Wildman–Crippen MR) is 138 cm³/mol. The SMILES string of the molecule is COC(=O)Nc1cc(-c2cccc(-c3cc(NC(=O)c4ccnc(C5CC5)c4)cnc3C)c2)ccn1. The van der Waals surface area contributed by atoms with E-state index in [4.69, 9.17) is 0 Å². The molecule has 1 aromatic carbocycles. The number of hydrogen-bond donors (Lipinski definition) is 2. The van der Waals surface area contributed by atoms with E-state index in [1.165, 1.54) is 7.11 Å². The van der Waals surface area contributed by atoms with Crippen LogP contribution in [0.1, 0.15) is 40.5 Å². The molecule has 0 unspecified atom stereocenters. The normalized spacial score (nSPS) is 12.6. The molecule has 3 heterocycles. The minimum atomic E-state index is -0.579. The Kier molecular flexibility index (Phi) is 6.40. The lowest BCUT2D eigenvalue weighted by Crippen LogP contribution is -2.13. The van der Waals surface area contributed by atoms with Crippen molar-refractivity contribution in [2.45, 2.75) is 25.7 Å². The quantitative estimate of drug-likeness (QED) is 0.361. The number of rotatable bonds is 6. The molecule has 2 amide bonds. The lowest BCUT2D eigenvalue weighted by Gasteiger charge is -2.12. The molecule has 0 radical (unpaired) electrons. The molecule has 2 N–H and O–H groups in total. The summed E-state index contributed by atoms with van der Waals surface area (Å²) in [4.78, 5) is 37.5. The fourth-order valence-corrected chi connectivity index (χ4v) is 3.99. The van der Waals surface area contributed by atoms with E-state index in [0.29, 0.717) is 23.0 Å². The Hall–Kier alpha value is -4.59. The smallest absolute Gasteiger partial charge is 0.412 e. The monoisotopic (exact) mass is 479 g/mol. The molecule has 3 aromatic heterocycles. The number of carbonyl (C=O) groups excluding carboxylic acids is 2. The third kappa shape index (κ3) is 5.22. The largest absolute Gasteiger partial charge is 0.453 e. The zero-order valence-electron chi connectivity index (χ0n) is 20.0. The molecule has 8 nitrogen and oxygen atoms in total. The number of nitrogens with zero attached hydrogens (tertiary/aromatic N) is 3. The van der Waals surface area contributed by atoms with E-state index >= 15 is 0 Å². The predicted octanol–water partition coefficient (Wildman–Crippen LogP) is 5.82. The van der Waals surface area contributed by atoms with Crippen molar-refractivity contribution in [2.75, 3.05) is 17.7 Å². The van der Waals surface area contributed by atoms with Gasteiger partial charge in [0.25, 0.3) is 5.91 Å². The summed E-state index contributed by atoms with van der Waals surface area (Å²) in [6, 6.07) is 17.2. The molecular formula is C28H25N5O3. The molecule has 5 rings (SSSR count). The molecule has 4 aromatic rings. The molecule has 1 aliphatic carbocycles. The van der Waals surface area contributed by atoms with E-state index in [9.17, 15) is 9.59 Å². The Bertz CT molecular complexity index is 1450. The van der Waals surface area contributed by atoms with Gasteiger partial charge in [-0.2, -0.15) is 0 Å². The van der Waals surface area contributed by atoms with Crippen molar-refractivity contribution in [3.8, 4) is 22.3 Å². The minimum absolute atomic E-state index is 0.188. The molecule has 0 spiro atoms. The molecule has 1 fully saturated rings. The standard InChI is InChI=1S/C28H25N5O3/c1-17-24(15-23(16-31-17)32-27(34)22-9-10-29-25(13-22)18-6-7-18)21-5-3-4-19(12-21)20-8-11-30-26(14-20)33-28(35)36-2/h3-5,8-16,18H,6-7H2,1-2H3,(H,32,34)(H,30,33,35). The molecule has 0 atom stereocenters. The van der Waals surface area contributed by atoms with Gasteiger partial charge in [0.1, 0.15) is 5.82 Å². The maximum absolute atomic E-state index is 12.9. The van der Waals surface area contributed by atoms with Gasteiger partial charge in [-0.25, -0.2) is 9.78 Å². The van der Waals surface area contributed by atoms with E-state index in [2.05, 4.69) is 30.3 Å². The number of aromatic nitrogens is 3. The number of benzene rings is 1. The van der Waals surface area contributed by atoms with Gasteiger partial charge in [0.15, 0.2) is 0 Å². The summed E-state index contributed by atoms with van der Waals surface area (Å²) in [5, 5.41) is 5.55. The summed E-state index contributed by atoms with van der Waals surface area (Å²) >= 11 is 0. The lowest BCUT2D eigenvalue weighted by molar-refractivity contribution is 0.102. The first kappa shape index (κ1) is 23.2. The van der Waals surface area contributed by atoms with Crippen molar-refractivity contribution >= 4 is 23.5 Å². The molecule has 36 heavy (non-hydrogen) atoms. The number of pyridine rings is 3. The summed E-state index contributed by atoms with van der Waals surface area (Å²) in [7, 11) is 1.30. The van der Waals surface area contributed by atoms with Crippen LogP contribution in [0.2, 0.25) is 0 Å². The number of ether oxygens (including phenoxy) is 1. The first-order chi connectivity index (χ1) is 17.5. The van der Waals surface area contributed by atoms with Crippen molar-refractivity contribution in [2.24, 2.45) is 0 Å². The summed E-state index contributed by atoms with van der Waals surface area (Å²) in [5.74, 6) is 0.686. The van der Waals surface area contributed by atoms with Gasteiger partial charge in [0.2, 0.25) is 0 Å². The van der Waals surface area contributed by atoms with Crippen LogP contribution in [-0.4, -0.2) is 34.1 Å². The van der Waals surface area contributed by atoms with E-state index in [0.717, 1.165) is 46.5 Å². The van der Waals surface area contributed by atoms with E-state index < -0.39 is 6.09 Å². The van der Waals surface area contributed by atoms with Crippen LogP contribution < -0.4 is 10.6 Å². The van der Waals surface area contributed by atoms with Crippen LogP contribution in [0.4, 0.5) is 16.3 Å². The van der Waals surface area contributed by atoms with E-state index in [1.807, 2.05) is 49.4 Å². The van der Waals surface area contributed by atoms with E-state index in [-0.39, 0.29) is 5.91 Å².